The van der Waals surface area contributed by atoms with Crippen LogP contribution in [0.25, 0.3) is 0 Å². The molecular weight excluding hydrogens is 601 g/mol. The van der Waals surface area contributed by atoms with Crippen LogP contribution in [0, 0.1) is 0 Å². The topological polar surface area (TPSA) is 74.6 Å². The molecule has 0 spiro atoms. The van der Waals surface area contributed by atoms with Crippen LogP contribution in [-0.4, -0.2) is 32.1 Å². The Kier molecular flexibility index (Phi) is 34.6. The largest absolute Gasteiger partial charge is 0.480 e. The van der Waals surface area contributed by atoms with Gasteiger partial charge in [-0.15, -0.1) is 11.8 Å². The van der Waals surface area contributed by atoms with Gasteiger partial charge in [0, 0.05) is 0 Å². The molecule has 0 amide bonds. The van der Waals surface area contributed by atoms with Crippen molar-refractivity contribution >= 4 is 23.7 Å². The summed E-state index contributed by atoms with van der Waals surface area (Å²) < 4.78 is -0.969. The van der Waals surface area contributed by atoms with Crippen molar-refractivity contribution in [3.63, 3.8) is 0 Å². The van der Waals surface area contributed by atoms with Gasteiger partial charge in [0.2, 0.25) is 0 Å². The summed E-state index contributed by atoms with van der Waals surface area (Å²) in [6.07, 6.45) is 44.2. The third kappa shape index (κ3) is 29.9. The van der Waals surface area contributed by atoms with Gasteiger partial charge in [-0.25, -0.2) is 0 Å². The van der Waals surface area contributed by atoms with Crippen molar-refractivity contribution in [2.45, 2.75) is 255 Å². The number of unbranched alkanes of at least 4 members (excludes halogenated alkanes) is 31. The Balaban J connectivity index is 4.05. The van der Waals surface area contributed by atoms with Crippen LogP contribution >= 0.6 is 11.8 Å². The van der Waals surface area contributed by atoms with E-state index in [0.717, 1.165) is 38.5 Å². The molecule has 2 atom stereocenters. The number of carbonyl (C=O) groups is 2. The van der Waals surface area contributed by atoms with Crippen molar-refractivity contribution in [2.24, 2.45) is 0 Å². The van der Waals surface area contributed by atoms with Crippen LogP contribution in [0.2, 0.25) is 0 Å². The van der Waals surface area contributed by atoms with Crippen molar-refractivity contribution in [3.8, 4) is 0 Å². The minimum absolute atomic E-state index is 0.585. The molecular formula is C42H82O4S. The molecule has 0 fully saturated rings. The number of rotatable bonds is 39. The van der Waals surface area contributed by atoms with Crippen LogP contribution in [0.15, 0.2) is 0 Å². The summed E-state index contributed by atoms with van der Waals surface area (Å²) in [6, 6.07) is 0. The fourth-order valence-electron chi connectivity index (χ4n) is 6.99. The molecule has 0 radical (unpaired) electrons. The highest BCUT2D eigenvalue weighted by molar-refractivity contribution is 8.02. The average molecular weight is 683 g/mol. The minimum atomic E-state index is -0.969. The lowest BCUT2D eigenvalue weighted by Crippen LogP contribution is -2.38. The second kappa shape index (κ2) is 35.1. The maximum Gasteiger partial charge on any atom is 0.319 e. The lowest BCUT2D eigenvalue weighted by molar-refractivity contribution is -0.140. The van der Waals surface area contributed by atoms with Gasteiger partial charge < -0.3 is 10.2 Å². The molecule has 0 aliphatic heterocycles. The molecule has 4 nitrogen and oxygen atoms in total. The lowest BCUT2D eigenvalue weighted by atomic mass is 9.93. The summed E-state index contributed by atoms with van der Waals surface area (Å²) in [5.41, 5.74) is 0. The fraction of sp³-hybridized carbons (Fsp3) is 0.952. The van der Waals surface area contributed by atoms with Crippen LogP contribution in [-0.2, 0) is 9.59 Å². The van der Waals surface area contributed by atoms with Gasteiger partial charge in [0.1, 0.15) is 10.00 Å². The molecule has 0 aromatic rings. The van der Waals surface area contributed by atoms with E-state index >= 15 is 0 Å². The zero-order valence-electron chi connectivity index (χ0n) is 31.9. The first-order valence-electron chi connectivity index (χ1n) is 21.0. The van der Waals surface area contributed by atoms with E-state index in [0.29, 0.717) is 12.8 Å². The number of aliphatic carboxylic acids is 2. The number of thioether (sulfide) groups is 1. The Morgan fingerprint density at radius 1 is 0.426 bits per heavy atom. The molecule has 0 heterocycles. The van der Waals surface area contributed by atoms with E-state index in [9.17, 15) is 19.8 Å². The van der Waals surface area contributed by atoms with E-state index in [1.165, 1.54) is 185 Å². The van der Waals surface area contributed by atoms with E-state index in [1.807, 2.05) is 0 Å². The monoisotopic (exact) mass is 683 g/mol. The van der Waals surface area contributed by atoms with Crippen molar-refractivity contribution in [1.29, 1.82) is 0 Å². The molecule has 0 aromatic carbocycles. The zero-order valence-corrected chi connectivity index (χ0v) is 32.8. The second-order valence-electron chi connectivity index (χ2n) is 14.9. The number of carboxylic acid groups (broad SMARTS) is 2. The van der Waals surface area contributed by atoms with Crippen LogP contribution in [0.5, 0.6) is 0 Å². The summed E-state index contributed by atoms with van der Waals surface area (Å²) in [6.45, 7) is 6.20. The summed E-state index contributed by atoms with van der Waals surface area (Å²) in [5, 5.41) is 19.2. The average Bonchev–Trinajstić information content (AvgIpc) is 3.05. The standard InChI is InChI=1S/C42H82O4S/c1-4-6-8-10-12-14-16-18-20-22-24-26-28-30-32-34-36-38-42(41(45)46,47-39(3)40(43)44)37-35-33-31-29-27-25-23-21-19-17-15-13-11-9-7-5-2/h39H,4-38H2,1-3H3,(H,43,44)(H,45,46). The van der Waals surface area contributed by atoms with Crippen LogP contribution in [0.1, 0.15) is 245 Å². The van der Waals surface area contributed by atoms with E-state index in [2.05, 4.69) is 13.8 Å². The molecule has 0 saturated heterocycles. The van der Waals surface area contributed by atoms with Gasteiger partial charge in [-0.05, 0) is 19.8 Å². The Hall–Kier alpha value is -0.710. The molecule has 0 aliphatic rings. The number of carboxylic acids is 2. The molecule has 0 bridgehead atoms. The SMILES string of the molecule is CCCCCCCCCCCCCCCCCCCC(CCCCCCCCCCCCCCCCCC)(SC(C)C(=O)O)C(=O)O. The number of hydrogen-bond donors (Lipinski definition) is 2. The van der Waals surface area contributed by atoms with E-state index in [1.54, 1.807) is 6.92 Å². The maximum absolute atomic E-state index is 12.6. The Morgan fingerprint density at radius 2 is 0.638 bits per heavy atom. The predicted molar refractivity (Wildman–Crippen MR) is 208 cm³/mol. The summed E-state index contributed by atoms with van der Waals surface area (Å²) in [4.78, 5) is 24.2. The van der Waals surface area contributed by atoms with Gasteiger partial charge in [0.15, 0.2) is 0 Å². The molecule has 0 saturated carbocycles. The fourth-order valence-corrected chi connectivity index (χ4v) is 8.39. The molecule has 0 aliphatic carbocycles. The molecule has 0 rings (SSSR count). The first kappa shape index (κ1) is 46.3. The molecule has 2 N–H and O–H groups in total. The molecule has 0 aromatic heterocycles. The van der Waals surface area contributed by atoms with Gasteiger partial charge in [-0.1, -0.05) is 226 Å². The minimum Gasteiger partial charge on any atom is -0.480 e. The van der Waals surface area contributed by atoms with E-state index in [-0.39, 0.29) is 0 Å². The summed E-state index contributed by atoms with van der Waals surface area (Å²) >= 11 is 1.19. The normalized spacial score (nSPS) is 13.5. The Labute approximate surface area is 298 Å². The Morgan fingerprint density at radius 3 is 0.830 bits per heavy atom. The van der Waals surface area contributed by atoms with Gasteiger partial charge in [0.05, 0.1) is 0 Å². The third-order valence-corrected chi connectivity index (χ3v) is 11.8. The highest BCUT2D eigenvalue weighted by atomic mass is 32.2. The summed E-state index contributed by atoms with van der Waals surface area (Å²) in [7, 11) is 0. The van der Waals surface area contributed by atoms with Gasteiger partial charge in [-0.2, -0.15) is 0 Å². The Bertz CT molecular complexity index is 684. The summed E-state index contributed by atoms with van der Waals surface area (Å²) in [5.74, 6) is -1.72. The molecule has 47 heavy (non-hydrogen) atoms. The van der Waals surface area contributed by atoms with E-state index in [4.69, 9.17) is 0 Å². The zero-order chi connectivity index (χ0) is 34.7. The quantitative estimate of drug-likeness (QED) is 0.0631. The van der Waals surface area contributed by atoms with Crippen LogP contribution in [0.3, 0.4) is 0 Å². The smallest absolute Gasteiger partial charge is 0.319 e. The van der Waals surface area contributed by atoms with Gasteiger partial charge in [-0.3, -0.25) is 9.59 Å². The predicted octanol–water partition coefficient (Wildman–Crippen LogP) is 14.7. The first-order chi connectivity index (χ1) is 22.9. The highest BCUT2D eigenvalue weighted by Gasteiger charge is 2.41. The lowest BCUT2D eigenvalue weighted by Gasteiger charge is -2.30. The maximum atomic E-state index is 12.6. The van der Waals surface area contributed by atoms with Crippen molar-refractivity contribution in [3.05, 3.63) is 0 Å². The van der Waals surface area contributed by atoms with Gasteiger partial charge >= 0.3 is 11.9 Å². The molecule has 280 valence electrons. The van der Waals surface area contributed by atoms with Crippen molar-refractivity contribution < 1.29 is 19.8 Å². The number of hydrogen-bond acceptors (Lipinski definition) is 3. The third-order valence-electron chi connectivity index (χ3n) is 10.3. The van der Waals surface area contributed by atoms with Crippen LogP contribution < -0.4 is 0 Å². The first-order valence-corrected chi connectivity index (χ1v) is 21.9. The van der Waals surface area contributed by atoms with Gasteiger partial charge in [0.25, 0.3) is 0 Å². The highest BCUT2D eigenvalue weighted by Crippen LogP contribution is 2.40. The molecule has 5 heteroatoms. The van der Waals surface area contributed by atoms with Crippen molar-refractivity contribution in [1.82, 2.24) is 0 Å². The molecule has 2 unspecified atom stereocenters. The van der Waals surface area contributed by atoms with Crippen LogP contribution in [0.4, 0.5) is 0 Å². The second-order valence-corrected chi connectivity index (χ2v) is 16.6. The van der Waals surface area contributed by atoms with Crippen molar-refractivity contribution in [2.75, 3.05) is 0 Å². The van der Waals surface area contributed by atoms with E-state index < -0.39 is 21.9 Å².